The van der Waals surface area contributed by atoms with Gasteiger partial charge in [0.25, 0.3) is 0 Å². The zero-order chi connectivity index (χ0) is 12.1. The third kappa shape index (κ3) is 3.51. The predicted molar refractivity (Wildman–Crippen MR) is 61.0 cm³/mol. The molecule has 0 spiro atoms. The first-order valence-electron chi connectivity index (χ1n) is 6.05. The molecule has 1 aliphatic heterocycles. The van der Waals surface area contributed by atoms with Crippen molar-refractivity contribution < 1.29 is 14.7 Å². The highest BCUT2D eigenvalue weighted by Gasteiger charge is 2.27. The molecule has 4 heteroatoms. The second-order valence-corrected chi connectivity index (χ2v) is 4.71. The monoisotopic (exact) mass is 227 g/mol. The lowest BCUT2D eigenvalue weighted by molar-refractivity contribution is -0.145. The quantitative estimate of drug-likeness (QED) is 0.796. The molecular weight excluding hydrogens is 206 g/mol. The number of carbonyl (C=O) groups is 2. The zero-order valence-electron chi connectivity index (χ0n) is 10.1. The number of carboxylic acid groups (broad SMARTS) is 1. The fourth-order valence-electron chi connectivity index (χ4n) is 1.95. The summed E-state index contributed by atoms with van der Waals surface area (Å²) in [6, 6.07) is 0. The first-order chi connectivity index (χ1) is 7.54. The van der Waals surface area contributed by atoms with Gasteiger partial charge in [0.05, 0.1) is 5.92 Å². The van der Waals surface area contributed by atoms with E-state index in [-0.39, 0.29) is 11.8 Å². The van der Waals surface area contributed by atoms with Gasteiger partial charge >= 0.3 is 5.97 Å². The van der Waals surface area contributed by atoms with Gasteiger partial charge < -0.3 is 10.0 Å². The molecule has 1 heterocycles. The van der Waals surface area contributed by atoms with Crippen molar-refractivity contribution in [3.63, 3.8) is 0 Å². The van der Waals surface area contributed by atoms with Crippen LogP contribution in [0.15, 0.2) is 0 Å². The van der Waals surface area contributed by atoms with Gasteiger partial charge in [0, 0.05) is 19.5 Å². The Morgan fingerprint density at radius 1 is 1.38 bits per heavy atom. The van der Waals surface area contributed by atoms with Gasteiger partial charge in [0.15, 0.2) is 0 Å². The van der Waals surface area contributed by atoms with Crippen LogP contribution in [0.1, 0.15) is 39.5 Å². The lowest BCUT2D eigenvalue weighted by atomic mass is 9.96. The number of carbonyl (C=O) groups excluding carboxylic acids is 1. The fourth-order valence-corrected chi connectivity index (χ4v) is 1.95. The van der Waals surface area contributed by atoms with Gasteiger partial charge in [-0.3, -0.25) is 9.59 Å². The molecular formula is C12H21NO3. The minimum atomic E-state index is -0.728. The topological polar surface area (TPSA) is 57.6 Å². The molecule has 0 radical (unpaired) electrons. The summed E-state index contributed by atoms with van der Waals surface area (Å²) in [5.41, 5.74) is 0. The third-order valence-electron chi connectivity index (χ3n) is 3.42. The molecule has 1 saturated heterocycles. The molecule has 92 valence electrons. The Morgan fingerprint density at radius 2 is 1.94 bits per heavy atom. The smallest absolute Gasteiger partial charge is 0.306 e. The van der Waals surface area contributed by atoms with Gasteiger partial charge in [0.1, 0.15) is 0 Å². The number of nitrogens with zero attached hydrogens (tertiary/aromatic N) is 1. The highest BCUT2D eigenvalue weighted by molar-refractivity contribution is 5.77. The molecule has 1 aliphatic rings. The number of rotatable bonds is 4. The molecule has 0 aliphatic carbocycles. The van der Waals surface area contributed by atoms with Gasteiger partial charge in [-0.05, 0) is 18.8 Å². The van der Waals surface area contributed by atoms with Crippen molar-refractivity contribution in [2.75, 3.05) is 13.1 Å². The van der Waals surface area contributed by atoms with Crippen LogP contribution in [0.3, 0.4) is 0 Å². The molecule has 0 bridgehead atoms. The summed E-state index contributed by atoms with van der Waals surface area (Å²) in [4.78, 5) is 24.4. The van der Waals surface area contributed by atoms with E-state index >= 15 is 0 Å². The molecule has 1 unspecified atom stereocenters. The molecule has 4 nitrogen and oxygen atoms in total. The normalized spacial score (nSPS) is 19.5. The van der Waals surface area contributed by atoms with Crippen LogP contribution in [0.5, 0.6) is 0 Å². The standard InChI is InChI=1S/C12H21NO3/c1-3-9(2)8-11(14)13-6-4-10(5-7-13)12(15)16/h9-10H,3-8H2,1-2H3,(H,15,16). The van der Waals surface area contributed by atoms with E-state index in [4.69, 9.17) is 5.11 Å². The Balaban J connectivity index is 2.36. The van der Waals surface area contributed by atoms with E-state index in [1.807, 2.05) is 4.90 Å². The summed E-state index contributed by atoms with van der Waals surface area (Å²) < 4.78 is 0. The summed E-state index contributed by atoms with van der Waals surface area (Å²) >= 11 is 0. The summed E-state index contributed by atoms with van der Waals surface area (Å²) in [5.74, 6) is -0.385. The molecule has 1 rings (SSSR count). The molecule has 1 amide bonds. The van der Waals surface area contributed by atoms with Gasteiger partial charge in [0.2, 0.25) is 5.91 Å². The molecule has 0 aromatic rings. The van der Waals surface area contributed by atoms with E-state index in [1.54, 1.807) is 0 Å². The van der Waals surface area contributed by atoms with Gasteiger partial charge in [-0.25, -0.2) is 0 Å². The van der Waals surface area contributed by atoms with Crippen LogP contribution in [-0.4, -0.2) is 35.0 Å². The Kier molecular flexibility index (Phi) is 4.77. The van der Waals surface area contributed by atoms with Crippen LogP contribution in [0.2, 0.25) is 0 Å². The van der Waals surface area contributed by atoms with Crippen molar-refractivity contribution >= 4 is 11.9 Å². The fraction of sp³-hybridized carbons (Fsp3) is 0.833. The van der Waals surface area contributed by atoms with E-state index < -0.39 is 5.97 Å². The van der Waals surface area contributed by atoms with E-state index in [0.29, 0.717) is 38.3 Å². The van der Waals surface area contributed by atoms with Crippen LogP contribution in [0, 0.1) is 11.8 Å². The van der Waals surface area contributed by atoms with Crippen molar-refractivity contribution in [3.05, 3.63) is 0 Å². The van der Waals surface area contributed by atoms with Crippen molar-refractivity contribution in [2.45, 2.75) is 39.5 Å². The maximum Gasteiger partial charge on any atom is 0.306 e. The Hall–Kier alpha value is -1.06. The number of aliphatic carboxylic acids is 1. The lowest BCUT2D eigenvalue weighted by Gasteiger charge is -2.30. The predicted octanol–water partition coefficient (Wildman–Crippen LogP) is 1.75. The van der Waals surface area contributed by atoms with E-state index in [2.05, 4.69) is 13.8 Å². The molecule has 0 aromatic heterocycles. The molecule has 16 heavy (non-hydrogen) atoms. The first kappa shape index (κ1) is 13.0. The summed E-state index contributed by atoms with van der Waals surface area (Å²) in [6.07, 6.45) is 2.80. The number of amides is 1. The molecule has 0 saturated carbocycles. The average molecular weight is 227 g/mol. The summed E-state index contributed by atoms with van der Waals surface area (Å²) in [7, 11) is 0. The second kappa shape index (κ2) is 5.87. The molecule has 1 fully saturated rings. The highest BCUT2D eigenvalue weighted by Crippen LogP contribution is 2.19. The highest BCUT2D eigenvalue weighted by atomic mass is 16.4. The Bertz CT molecular complexity index is 257. The minimum Gasteiger partial charge on any atom is -0.481 e. The number of carboxylic acids is 1. The van der Waals surface area contributed by atoms with E-state index in [0.717, 1.165) is 6.42 Å². The number of hydrogen-bond donors (Lipinski definition) is 1. The van der Waals surface area contributed by atoms with Gasteiger partial charge in [-0.15, -0.1) is 0 Å². The summed E-state index contributed by atoms with van der Waals surface area (Å²) in [5, 5.41) is 8.84. The van der Waals surface area contributed by atoms with E-state index in [1.165, 1.54) is 0 Å². The van der Waals surface area contributed by atoms with Crippen molar-refractivity contribution in [3.8, 4) is 0 Å². The lowest BCUT2D eigenvalue weighted by Crippen LogP contribution is -2.40. The van der Waals surface area contributed by atoms with Crippen LogP contribution in [-0.2, 0) is 9.59 Å². The van der Waals surface area contributed by atoms with Crippen molar-refractivity contribution in [1.82, 2.24) is 4.90 Å². The third-order valence-corrected chi connectivity index (χ3v) is 3.42. The second-order valence-electron chi connectivity index (χ2n) is 4.71. The van der Waals surface area contributed by atoms with Crippen molar-refractivity contribution in [1.29, 1.82) is 0 Å². The largest absolute Gasteiger partial charge is 0.481 e. The molecule has 0 aromatic carbocycles. The maximum atomic E-state index is 11.8. The number of piperidine rings is 1. The Morgan fingerprint density at radius 3 is 2.38 bits per heavy atom. The number of hydrogen-bond acceptors (Lipinski definition) is 2. The zero-order valence-corrected chi connectivity index (χ0v) is 10.1. The van der Waals surface area contributed by atoms with Crippen molar-refractivity contribution in [2.24, 2.45) is 11.8 Å². The number of likely N-dealkylation sites (tertiary alicyclic amines) is 1. The van der Waals surface area contributed by atoms with E-state index in [9.17, 15) is 9.59 Å². The molecule has 1 N–H and O–H groups in total. The van der Waals surface area contributed by atoms with Gasteiger partial charge in [-0.1, -0.05) is 20.3 Å². The van der Waals surface area contributed by atoms with Crippen LogP contribution >= 0.6 is 0 Å². The Labute approximate surface area is 96.6 Å². The summed E-state index contributed by atoms with van der Waals surface area (Å²) in [6.45, 7) is 5.36. The maximum absolute atomic E-state index is 11.8. The van der Waals surface area contributed by atoms with Gasteiger partial charge in [-0.2, -0.15) is 0 Å². The minimum absolute atomic E-state index is 0.179. The van der Waals surface area contributed by atoms with Crippen LogP contribution < -0.4 is 0 Å². The molecule has 1 atom stereocenters. The van der Waals surface area contributed by atoms with Crippen LogP contribution in [0.25, 0.3) is 0 Å². The average Bonchev–Trinajstić information content (AvgIpc) is 2.28. The SMILES string of the molecule is CCC(C)CC(=O)N1CCC(C(=O)O)CC1. The first-order valence-corrected chi connectivity index (χ1v) is 6.05. The van der Waals surface area contributed by atoms with Crippen LogP contribution in [0.4, 0.5) is 0 Å².